The van der Waals surface area contributed by atoms with Gasteiger partial charge < -0.3 is 15.6 Å². The highest BCUT2D eigenvalue weighted by molar-refractivity contribution is 5.97. The van der Waals surface area contributed by atoms with E-state index >= 15 is 0 Å². The van der Waals surface area contributed by atoms with Crippen LogP contribution in [0, 0.1) is 0 Å². The summed E-state index contributed by atoms with van der Waals surface area (Å²) in [5.74, 6) is -2.33. The van der Waals surface area contributed by atoms with Gasteiger partial charge in [-0.1, -0.05) is 0 Å². The number of hydrogen-bond donors (Lipinski definition) is 2. The van der Waals surface area contributed by atoms with Crippen molar-refractivity contribution >= 4 is 11.9 Å². The summed E-state index contributed by atoms with van der Waals surface area (Å²) in [6.45, 7) is 0. The highest BCUT2D eigenvalue weighted by Crippen LogP contribution is 1.81. The molecule has 0 bridgehead atoms. The zero-order valence-electron chi connectivity index (χ0n) is 4.83. The van der Waals surface area contributed by atoms with Gasteiger partial charge in [-0.15, -0.1) is 0 Å². The number of carboxylic acids is 1. The number of aliphatic carboxylic acids is 1. The number of rotatable bonds is 2. The van der Waals surface area contributed by atoms with Crippen LogP contribution in [0.1, 0.15) is 0 Å². The molecule has 5 nitrogen and oxygen atoms in total. The number of carboxylic acid groups (broad SMARTS) is 1. The van der Waals surface area contributed by atoms with E-state index in [-0.39, 0.29) is 0 Å². The summed E-state index contributed by atoms with van der Waals surface area (Å²) in [7, 11) is 1.07. The summed E-state index contributed by atoms with van der Waals surface area (Å²) in [5.41, 5.74) is 4.80. The van der Waals surface area contributed by atoms with Gasteiger partial charge in [-0.05, 0) is 0 Å². The minimum absolute atomic E-state index is 0.942. The summed E-state index contributed by atoms with van der Waals surface area (Å²) in [4.78, 5) is 20.1. The zero-order chi connectivity index (χ0) is 7.44. The number of esters is 1. The van der Waals surface area contributed by atoms with Crippen LogP contribution >= 0.6 is 0 Å². The minimum Gasteiger partial charge on any atom is -0.480 e. The Bertz CT molecular complexity index is 133. The summed E-state index contributed by atoms with van der Waals surface area (Å²) >= 11 is 0. The first kappa shape index (κ1) is 7.90. The van der Waals surface area contributed by atoms with Gasteiger partial charge in [-0.25, -0.2) is 9.59 Å². The minimum atomic E-state index is -1.56. The van der Waals surface area contributed by atoms with Gasteiger partial charge in [0.1, 0.15) is 0 Å². The van der Waals surface area contributed by atoms with E-state index in [1.165, 1.54) is 0 Å². The Balaban J connectivity index is 3.88. The Morgan fingerprint density at radius 3 is 2.22 bits per heavy atom. The van der Waals surface area contributed by atoms with Gasteiger partial charge in [0.2, 0.25) is 6.04 Å². The molecule has 0 aliphatic carbocycles. The van der Waals surface area contributed by atoms with Crippen LogP contribution in [0.25, 0.3) is 0 Å². The third kappa shape index (κ3) is 2.09. The van der Waals surface area contributed by atoms with Crippen molar-refractivity contribution in [3.63, 3.8) is 0 Å². The molecular weight excluding hydrogens is 126 g/mol. The van der Waals surface area contributed by atoms with Crippen LogP contribution in [-0.4, -0.2) is 30.2 Å². The van der Waals surface area contributed by atoms with E-state index in [0.29, 0.717) is 0 Å². The fourth-order valence-electron chi connectivity index (χ4n) is 0.228. The second-order valence-electron chi connectivity index (χ2n) is 1.34. The second-order valence-corrected chi connectivity index (χ2v) is 1.34. The Kier molecular flexibility index (Phi) is 2.66. The monoisotopic (exact) mass is 133 g/mol. The van der Waals surface area contributed by atoms with Crippen LogP contribution in [0.2, 0.25) is 0 Å². The predicted molar refractivity (Wildman–Crippen MR) is 27.6 cm³/mol. The molecular formula is C4H7NO4. The molecule has 3 N–H and O–H groups in total. The van der Waals surface area contributed by atoms with Gasteiger partial charge in [0.25, 0.3) is 0 Å². The molecule has 0 radical (unpaired) electrons. The van der Waals surface area contributed by atoms with Crippen molar-refractivity contribution in [1.29, 1.82) is 0 Å². The highest BCUT2D eigenvalue weighted by Gasteiger charge is 2.20. The Hall–Kier alpha value is -1.10. The number of carbonyl (C=O) groups excluding carboxylic acids is 1. The van der Waals surface area contributed by atoms with Crippen molar-refractivity contribution in [2.24, 2.45) is 5.73 Å². The van der Waals surface area contributed by atoms with E-state index in [1.807, 2.05) is 0 Å². The fraction of sp³-hybridized carbons (Fsp3) is 0.500. The summed E-state index contributed by atoms with van der Waals surface area (Å²) in [5, 5.41) is 8.06. The lowest BCUT2D eigenvalue weighted by atomic mass is 10.3. The average molecular weight is 133 g/mol. The van der Waals surface area contributed by atoms with Crippen LogP contribution in [-0.2, 0) is 14.3 Å². The molecule has 0 rings (SSSR count). The average Bonchev–Trinajstić information content (AvgIpc) is 1.84. The molecule has 5 heteroatoms. The summed E-state index contributed by atoms with van der Waals surface area (Å²) in [6, 6.07) is -1.56. The molecule has 0 aromatic rings. The van der Waals surface area contributed by atoms with Crippen molar-refractivity contribution in [3.05, 3.63) is 0 Å². The molecule has 0 heterocycles. The van der Waals surface area contributed by atoms with Crippen LogP contribution in [0.5, 0.6) is 0 Å². The molecule has 0 fully saturated rings. The summed E-state index contributed by atoms with van der Waals surface area (Å²) in [6.07, 6.45) is 0. The maximum absolute atomic E-state index is 10.2. The molecule has 9 heavy (non-hydrogen) atoms. The molecule has 1 atom stereocenters. The van der Waals surface area contributed by atoms with Gasteiger partial charge in [0.15, 0.2) is 0 Å². The first-order chi connectivity index (χ1) is 4.09. The van der Waals surface area contributed by atoms with Crippen molar-refractivity contribution in [2.75, 3.05) is 7.11 Å². The molecule has 0 aliphatic rings. The topological polar surface area (TPSA) is 89.6 Å². The SMILES string of the molecule is COC(=O)[C@H](N)C(=O)O. The third-order valence-corrected chi connectivity index (χ3v) is 0.721. The first-order valence-corrected chi connectivity index (χ1v) is 2.15. The standard InChI is InChI=1S/C4H7NO4/c1-9-4(8)2(5)3(6)7/h2H,5H2,1H3,(H,6,7)/t2-/m1/s1. The van der Waals surface area contributed by atoms with Gasteiger partial charge >= 0.3 is 11.9 Å². The lowest BCUT2D eigenvalue weighted by molar-refractivity contribution is -0.151. The van der Waals surface area contributed by atoms with Gasteiger partial charge in [-0.3, -0.25) is 0 Å². The lowest BCUT2D eigenvalue weighted by Gasteiger charge is -2.00. The molecule has 0 aromatic carbocycles. The highest BCUT2D eigenvalue weighted by atomic mass is 16.5. The maximum atomic E-state index is 10.2. The number of nitrogens with two attached hydrogens (primary N) is 1. The Labute approximate surface area is 51.4 Å². The van der Waals surface area contributed by atoms with E-state index < -0.39 is 18.0 Å². The fourth-order valence-corrected chi connectivity index (χ4v) is 0.228. The molecule has 0 unspecified atom stereocenters. The van der Waals surface area contributed by atoms with Gasteiger partial charge in [0, 0.05) is 0 Å². The van der Waals surface area contributed by atoms with E-state index in [4.69, 9.17) is 10.8 Å². The largest absolute Gasteiger partial charge is 0.480 e. The quantitative estimate of drug-likeness (QED) is 0.356. The van der Waals surface area contributed by atoms with Crippen LogP contribution < -0.4 is 5.73 Å². The normalized spacial score (nSPS) is 12.2. The van der Waals surface area contributed by atoms with Gasteiger partial charge in [0.05, 0.1) is 7.11 Å². The lowest BCUT2D eigenvalue weighted by Crippen LogP contribution is -2.39. The third-order valence-electron chi connectivity index (χ3n) is 0.721. The Morgan fingerprint density at radius 1 is 1.67 bits per heavy atom. The number of ether oxygens (including phenoxy) is 1. The van der Waals surface area contributed by atoms with Crippen LogP contribution in [0.4, 0.5) is 0 Å². The van der Waals surface area contributed by atoms with Crippen molar-refractivity contribution in [2.45, 2.75) is 6.04 Å². The molecule has 0 spiro atoms. The van der Waals surface area contributed by atoms with E-state index in [9.17, 15) is 9.59 Å². The second kappa shape index (κ2) is 3.03. The van der Waals surface area contributed by atoms with E-state index in [2.05, 4.69) is 4.74 Å². The smallest absolute Gasteiger partial charge is 0.334 e. The molecule has 0 saturated heterocycles. The van der Waals surface area contributed by atoms with Crippen LogP contribution in [0.3, 0.4) is 0 Å². The van der Waals surface area contributed by atoms with Gasteiger partial charge in [-0.2, -0.15) is 0 Å². The molecule has 0 aromatic heterocycles. The Morgan fingerprint density at radius 2 is 2.11 bits per heavy atom. The van der Waals surface area contributed by atoms with Crippen LogP contribution in [0.15, 0.2) is 0 Å². The van der Waals surface area contributed by atoms with Crippen molar-refractivity contribution < 1.29 is 19.4 Å². The molecule has 52 valence electrons. The van der Waals surface area contributed by atoms with E-state index in [0.717, 1.165) is 7.11 Å². The first-order valence-electron chi connectivity index (χ1n) is 2.15. The molecule has 0 saturated carbocycles. The molecule has 0 aliphatic heterocycles. The zero-order valence-corrected chi connectivity index (χ0v) is 4.83. The van der Waals surface area contributed by atoms with Crippen molar-refractivity contribution in [3.8, 4) is 0 Å². The molecule has 0 amide bonds. The number of methoxy groups -OCH3 is 1. The van der Waals surface area contributed by atoms with Crippen molar-refractivity contribution in [1.82, 2.24) is 0 Å². The number of carbonyl (C=O) groups is 2. The van der Waals surface area contributed by atoms with E-state index in [1.54, 1.807) is 0 Å². The maximum Gasteiger partial charge on any atom is 0.334 e. The predicted octanol–water partition coefficient (Wildman–Crippen LogP) is -1.43. The number of hydrogen-bond acceptors (Lipinski definition) is 4. The summed E-state index contributed by atoms with van der Waals surface area (Å²) < 4.78 is 4.03.